The van der Waals surface area contributed by atoms with Crippen molar-refractivity contribution < 1.29 is 9.59 Å². The topological polar surface area (TPSA) is 70.2 Å². The molecule has 0 fully saturated rings. The number of nitrogens with one attached hydrogen (secondary N) is 3. The van der Waals surface area contributed by atoms with Crippen molar-refractivity contribution in [2.24, 2.45) is 0 Å². The van der Waals surface area contributed by atoms with Gasteiger partial charge in [0.05, 0.1) is 6.04 Å². The zero-order valence-electron chi connectivity index (χ0n) is 11.2. The molecule has 0 heterocycles. The highest BCUT2D eigenvalue weighted by atomic mass is 79.9. The van der Waals surface area contributed by atoms with Gasteiger partial charge in [0.2, 0.25) is 5.91 Å². The molecule has 0 saturated heterocycles. The summed E-state index contributed by atoms with van der Waals surface area (Å²) < 4.78 is 0.987. The Labute approximate surface area is 121 Å². The number of carbonyl (C=O) groups excluding carboxylic acids is 2. The predicted molar refractivity (Wildman–Crippen MR) is 77.8 cm³/mol. The van der Waals surface area contributed by atoms with Crippen LogP contribution in [0.5, 0.6) is 0 Å². The van der Waals surface area contributed by atoms with Crippen LogP contribution in [0.25, 0.3) is 0 Å². The first kappa shape index (κ1) is 15.7. The van der Waals surface area contributed by atoms with Crippen molar-refractivity contribution in [3.8, 4) is 0 Å². The Bertz CT molecular complexity index is 465. The third-order valence-electron chi connectivity index (χ3n) is 2.71. The fourth-order valence-corrected chi connectivity index (χ4v) is 2.02. The largest absolute Gasteiger partial charge is 0.341 e. The van der Waals surface area contributed by atoms with E-state index >= 15 is 0 Å². The first-order chi connectivity index (χ1) is 8.93. The zero-order chi connectivity index (χ0) is 14.4. The van der Waals surface area contributed by atoms with Crippen molar-refractivity contribution in [2.75, 3.05) is 7.05 Å². The van der Waals surface area contributed by atoms with Crippen molar-refractivity contribution in [2.45, 2.75) is 25.9 Å². The van der Waals surface area contributed by atoms with Crippen LogP contribution < -0.4 is 16.0 Å². The minimum absolute atomic E-state index is 0.00272. The van der Waals surface area contributed by atoms with E-state index in [0.717, 1.165) is 10.0 Å². The second-order valence-electron chi connectivity index (χ2n) is 4.23. The van der Waals surface area contributed by atoms with Crippen molar-refractivity contribution >= 4 is 27.9 Å². The molecule has 6 heteroatoms. The van der Waals surface area contributed by atoms with Crippen LogP contribution in [0.2, 0.25) is 0 Å². The summed E-state index contributed by atoms with van der Waals surface area (Å²) >= 11 is 3.41. The zero-order valence-corrected chi connectivity index (χ0v) is 12.7. The fraction of sp³-hybridized carbons (Fsp3) is 0.385. The van der Waals surface area contributed by atoms with Gasteiger partial charge in [-0.1, -0.05) is 28.1 Å². The molecule has 0 spiro atoms. The average Bonchev–Trinajstić information content (AvgIpc) is 2.38. The molecule has 104 valence electrons. The van der Waals surface area contributed by atoms with Crippen molar-refractivity contribution in [3.63, 3.8) is 0 Å². The molecule has 3 amide bonds. The van der Waals surface area contributed by atoms with Crippen LogP contribution in [0.1, 0.15) is 25.5 Å². The Hall–Kier alpha value is -1.40. The number of hydrogen-bond donors (Lipinski definition) is 3. The van der Waals surface area contributed by atoms with Crippen LogP contribution in [0, 0.1) is 0 Å². The van der Waals surface area contributed by atoms with Crippen LogP contribution in [-0.4, -0.2) is 25.0 Å². The molecule has 1 unspecified atom stereocenters. The van der Waals surface area contributed by atoms with Gasteiger partial charge in [-0.25, -0.2) is 4.79 Å². The number of halogens is 1. The number of rotatable bonds is 4. The summed E-state index contributed by atoms with van der Waals surface area (Å²) in [6, 6.07) is 6.88. The van der Waals surface area contributed by atoms with Crippen molar-refractivity contribution in [1.29, 1.82) is 0 Å². The second-order valence-corrected chi connectivity index (χ2v) is 5.15. The number of amides is 3. The second kappa shape index (κ2) is 7.25. The standard InChI is InChI=1S/C13H18BrN3O2/c1-8(10-5-4-6-11(14)7-10)16-9(2)12(18)17-13(19)15-3/h4-9,16H,1-3H3,(H2,15,17,18,19)/t8-,9?/m1/s1. The molecule has 0 bridgehead atoms. The van der Waals surface area contributed by atoms with E-state index in [2.05, 4.69) is 31.9 Å². The van der Waals surface area contributed by atoms with E-state index in [1.54, 1.807) is 6.92 Å². The molecule has 1 rings (SSSR count). The van der Waals surface area contributed by atoms with Crippen LogP contribution >= 0.6 is 15.9 Å². The third-order valence-corrected chi connectivity index (χ3v) is 3.20. The maximum absolute atomic E-state index is 11.7. The first-order valence-corrected chi connectivity index (χ1v) is 6.77. The van der Waals surface area contributed by atoms with Crippen LogP contribution in [-0.2, 0) is 4.79 Å². The summed E-state index contributed by atoms with van der Waals surface area (Å²) in [6.07, 6.45) is 0. The lowest BCUT2D eigenvalue weighted by Crippen LogP contribution is -2.47. The molecule has 19 heavy (non-hydrogen) atoms. The van der Waals surface area contributed by atoms with Crippen molar-refractivity contribution in [3.05, 3.63) is 34.3 Å². The van der Waals surface area contributed by atoms with Gasteiger partial charge in [-0.05, 0) is 31.5 Å². The van der Waals surface area contributed by atoms with Gasteiger partial charge >= 0.3 is 6.03 Å². The van der Waals surface area contributed by atoms with Crippen LogP contribution in [0.4, 0.5) is 4.79 Å². The van der Waals surface area contributed by atoms with Crippen molar-refractivity contribution in [1.82, 2.24) is 16.0 Å². The quantitative estimate of drug-likeness (QED) is 0.791. The van der Waals surface area contributed by atoms with Gasteiger partial charge in [0, 0.05) is 17.6 Å². The third kappa shape index (κ3) is 5.00. The van der Waals surface area contributed by atoms with Gasteiger partial charge in [0.1, 0.15) is 0 Å². The average molecular weight is 328 g/mol. The van der Waals surface area contributed by atoms with Gasteiger partial charge in [-0.2, -0.15) is 0 Å². The van der Waals surface area contributed by atoms with E-state index in [0.29, 0.717) is 0 Å². The molecular formula is C13H18BrN3O2. The highest BCUT2D eigenvalue weighted by Crippen LogP contribution is 2.18. The molecule has 0 aliphatic heterocycles. The highest BCUT2D eigenvalue weighted by molar-refractivity contribution is 9.10. The van der Waals surface area contributed by atoms with Gasteiger partial charge < -0.3 is 5.32 Å². The lowest BCUT2D eigenvalue weighted by Gasteiger charge is -2.19. The fourth-order valence-electron chi connectivity index (χ4n) is 1.61. The van der Waals surface area contributed by atoms with E-state index in [1.807, 2.05) is 31.2 Å². The Balaban J connectivity index is 2.58. The number of benzene rings is 1. The van der Waals surface area contributed by atoms with Crippen LogP contribution in [0.15, 0.2) is 28.7 Å². The van der Waals surface area contributed by atoms with Crippen LogP contribution in [0.3, 0.4) is 0 Å². The van der Waals surface area contributed by atoms with E-state index < -0.39 is 12.1 Å². The molecule has 0 radical (unpaired) electrons. The molecule has 0 saturated carbocycles. The van der Waals surface area contributed by atoms with Gasteiger partial charge in [0.25, 0.3) is 0 Å². The molecule has 2 atom stereocenters. The lowest BCUT2D eigenvalue weighted by atomic mass is 10.1. The number of hydrogen-bond acceptors (Lipinski definition) is 3. The highest BCUT2D eigenvalue weighted by Gasteiger charge is 2.17. The molecule has 0 aliphatic carbocycles. The smallest absolute Gasteiger partial charge is 0.321 e. The maximum Gasteiger partial charge on any atom is 0.321 e. The molecule has 1 aromatic rings. The molecule has 0 aliphatic rings. The number of carbonyl (C=O) groups is 2. The monoisotopic (exact) mass is 327 g/mol. The summed E-state index contributed by atoms with van der Waals surface area (Å²) in [6.45, 7) is 3.68. The van der Waals surface area contributed by atoms with E-state index in [1.165, 1.54) is 7.05 Å². The predicted octanol–water partition coefficient (Wildman–Crippen LogP) is 1.94. The Morgan fingerprint density at radius 3 is 2.53 bits per heavy atom. The lowest BCUT2D eigenvalue weighted by molar-refractivity contribution is -0.121. The summed E-state index contributed by atoms with van der Waals surface area (Å²) in [7, 11) is 1.46. The SMILES string of the molecule is CNC(=O)NC(=O)C(C)N[C@H](C)c1cccc(Br)c1. The van der Waals surface area contributed by atoms with Gasteiger partial charge in [-0.15, -0.1) is 0 Å². The molecular weight excluding hydrogens is 310 g/mol. The summed E-state index contributed by atoms with van der Waals surface area (Å²) in [4.78, 5) is 22.8. The number of urea groups is 1. The first-order valence-electron chi connectivity index (χ1n) is 5.98. The minimum atomic E-state index is -0.506. The minimum Gasteiger partial charge on any atom is -0.341 e. The summed E-state index contributed by atoms with van der Waals surface area (Å²) in [5, 5.41) is 7.71. The normalized spacial score (nSPS) is 13.5. The van der Waals surface area contributed by atoms with E-state index in [-0.39, 0.29) is 11.9 Å². The summed E-state index contributed by atoms with van der Waals surface area (Å²) in [5.41, 5.74) is 1.06. The molecule has 0 aromatic heterocycles. The van der Waals surface area contributed by atoms with E-state index in [4.69, 9.17) is 0 Å². The molecule has 1 aromatic carbocycles. The summed E-state index contributed by atoms with van der Waals surface area (Å²) in [5.74, 6) is -0.360. The van der Waals surface area contributed by atoms with Gasteiger partial charge in [-0.3, -0.25) is 15.4 Å². The number of imide groups is 1. The maximum atomic E-state index is 11.7. The Kier molecular flexibility index (Phi) is 5.98. The van der Waals surface area contributed by atoms with Gasteiger partial charge in [0.15, 0.2) is 0 Å². The Morgan fingerprint density at radius 2 is 1.95 bits per heavy atom. The van der Waals surface area contributed by atoms with E-state index in [9.17, 15) is 9.59 Å². The molecule has 3 N–H and O–H groups in total. The molecule has 5 nitrogen and oxygen atoms in total. The Morgan fingerprint density at radius 1 is 1.26 bits per heavy atom.